The number of aromatic hydroxyl groups is 1. The first-order chi connectivity index (χ1) is 11.3. The van der Waals surface area contributed by atoms with Crippen LogP contribution in [0.25, 0.3) is 0 Å². The lowest BCUT2D eigenvalue weighted by atomic mass is 10.1. The van der Waals surface area contributed by atoms with Crippen molar-refractivity contribution in [2.24, 2.45) is 4.99 Å². The molecule has 0 saturated carbocycles. The van der Waals surface area contributed by atoms with Gasteiger partial charge in [-0.1, -0.05) is 30.3 Å². The van der Waals surface area contributed by atoms with E-state index in [0.29, 0.717) is 5.75 Å². The van der Waals surface area contributed by atoms with Crippen molar-refractivity contribution in [1.29, 1.82) is 0 Å². The lowest BCUT2D eigenvalue weighted by molar-refractivity contribution is 0.475. The highest BCUT2D eigenvalue weighted by atomic mass is 127. The number of aliphatic imine (C=N–C) groups is 1. The Morgan fingerprint density at radius 3 is 2.67 bits per heavy atom. The molecule has 0 saturated heterocycles. The van der Waals surface area contributed by atoms with Gasteiger partial charge in [-0.25, -0.2) is 0 Å². The quantitative estimate of drug-likeness (QED) is 0.333. The molecule has 0 bridgehead atoms. The molecule has 0 atom stereocenters. The third-order valence-corrected chi connectivity index (χ3v) is 4.22. The highest BCUT2D eigenvalue weighted by Gasteiger charge is 2.21. The van der Waals surface area contributed by atoms with Crippen molar-refractivity contribution < 1.29 is 5.11 Å². The van der Waals surface area contributed by atoms with Gasteiger partial charge in [0.05, 0.1) is 0 Å². The van der Waals surface area contributed by atoms with Crippen LogP contribution < -0.4 is 10.2 Å². The second-order valence-corrected chi connectivity index (χ2v) is 5.77. The average Bonchev–Trinajstić information content (AvgIpc) is 3.01. The number of anilines is 1. The molecule has 2 aromatic carbocycles. The molecule has 4 nitrogen and oxygen atoms in total. The van der Waals surface area contributed by atoms with E-state index < -0.39 is 0 Å². The number of hydrogen-bond donors (Lipinski definition) is 2. The molecule has 128 valence electrons. The van der Waals surface area contributed by atoms with Crippen molar-refractivity contribution in [3.05, 3.63) is 59.7 Å². The van der Waals surface area contributed by atoms with Gasteiger partial charge in [-0.15, -0.1) is 24.0 Å². The van der Waals surface area contributed by atoms with E-state index in [1.165, 1.54) is 16.8 Å². The molecule has 3 rings (SSSR count). The first kappa shape index (κ1) is 18.6. The van der Waals surface area contributed by atoms with Crippen LogP contribution in [-0.2, 0) is 12.8 Å². The Morgan fingerprint density at radius 1 is 1.17 bits per heavy atom. The number of guanidine groups is 1. The summed E-state index contributed by atoms with van der Waals surface area (Å²) in [5.41, 5.74) is 3.89. The van der Waals surface area contributed by atoms with E-state index in [-0.39, 0.29) is 24.0 Å². The normalized spacial score (nSPS) is 13.4. The summed E-state index contributed by atoms with van der Waals surface area (Å²) in [4.78, 5) is 6.68. The molecule has 2 aromatic rings. The Balaban J connectivity index is 0.00000208. The number of benzene rings is 2. The first-order valence-electron chi connectivity index (χ1n) is 8.12. The lowest BCUT2D eigenvalue weighted by Gasteiger charge is -2.22. The van der Waals surface area contributed by atoms with Gasteiger partial charge in [-0.05, 0) is 48.6 Å². The summed E-state index contributed by atoms with van der Waals surface area (Å²) >= 11 is 0. The van der Waals surface area contributed by atoms with Crippen molar-refractivity contribution in [1.82, 2.24) is 5.32 Å². The van der Waals surface area contributed by atoms with Gasteiger partial charge < -0.3 is 15.3 Å². The van der Waals surface area contributed by atoms with Crippen molar-refractivity contribution >= 4 is 35.6 Å². The number of phenols is 1. The Kier molecular flexibility index (Phi) is 6.90. The molecular formula is C19H24IN3O. The topological polar surface area (TPSA) is 47.9 Å². The highest BCUT2D eigenvalue weighted by molar-refractivity contribution is 14.0. The summed E-state index contributed by atoms with van der Waals surface area (Å²) in [6, 6.07) is 15.9. The average molecular weight is 437 g/mol. The Bertz CT molecular complexity index is 685. The van der Waals surface area contributed by atoms with Gasteiger partial charge in [0.25, 0.3) is 0 Å². The van der Waals surface area contributed by atoms with E-state index in [4.69, 9.17) is 0 Å². The Hall–Kier alpha value is -1.76. The van der Waals surface area contributed by atoms with Gasteiger partial charge in [0, 0.05) is 25.8 Å². The van der Waals surface area contributed by atoms with Gasteiger partial charge in [0.15, 0.2) is 5.96 Å². The molecule has 2 N–H and O–H groups in total. The maximum Gasteiger partial charge on any atom is 0.198 e. The van der Waals surface area contributed by atoms with E-state index in [9.17, 15) is 5.11 Å². The predicted molar refractivity (Wildman–Crippen MR) is 111 cm³/mol. The van der Waals surface area contributed by atoms with Crippen LogP contribution in [0.1, 0.15) is 17.5 Å². The number of halogens is 1. The lowest BCUT2D eigenvalue weighted by Crippen LogP contribution is -2.41. The molecule has 1 heterocycles. The zero-order chi connectivity index (χ0) is 16.1. The van der Waals surface area contributed by atoms with E-state index in [1.807, 2.05) is 19.2 Å². The standard InChI is InChI=1S/C19H23N3O.HI/c1-20-19(22-14-12-16-6-2-3-7-18(16)22)21-13-4-5-15-8-10-17(23)11-9-15;/h2-3,6-11,23H,4-5,12-14H2,1H3,(H,20,21);1H. The second-order valence-electron chi connectivity index (χ2n) is 5.77. The van der Waals surface area contributed by atoms with Crippen molar-refractivity contribution in [3.8, 4) is 5.75 Å². The van der Waals surface area contributed by atoms with Gasteiger partial charge in [0.2, 0.25) is 0 Å². The summed E-state index contributed by atoms with van der Waals surface area (Å²) < 4.78 is 0. The van der Waals surface area contributed by atoms with Crippen LogP contribution in [0.2, 0.25) is 0 Å². The van der Waals surface area contributed by atoms with Crippen LogP contribution in [0, 0.1) is 0 Å². The van der Waals surface area contributed by atoms with E-state index >= 15 is 0 Å². The largest absolute Gasteiger partial charge is 0.508 e. The Morgan fingerprint density at radius 2 is 1.92 bits per heavy atom. The zero-order valence-electron chi connectivity index (χ0n) is 13.9. The monoisotopic (exact) mass is 437 g/mol. The van der Waals surface area contributed by atoms with Crippen molar-refractivity contribution in [2.75, 3.05) is 25.0 Å². The SMILES string of the molecule is CN=C(NCCCc1ccc(O)cc1)N1CCc2ccccc21.I. The third-order valence-electron chi connectivity index (χ3n) is 4.22. The number of phenolic OH excluding ortho intramolecular Hbond substituents is 1. The number of nitrogens with one attached hydrogen (secondary N) is 1. The minimum Gasteiger partial charge on any atom is -0.508 e. The number of aryl methyl sites for hydroxylation is 1. The van der Waals surface area contributed by atoms with Gasteiger partial charge in [-0.2, -0.15) is 0 Å². The van der Waals surface area contributed by atoms with Gasteiger partial charge in [0.1, 0.15) is 5.75 Å². The van der Waals surface area contributed by atoms with Gasteiger partial charge >= 0.3 is 0 Å². The first-order valence-corrected chi connectivity index (χ1v) is 8.12. The summed E-state index contributed by atoms with van der Waals surface area (Å²) in [5, 5.41) is 12.8. The van der Waals surface area contributed by atoms with E-state index in [1.54, 1.807) is 12.1 Å². The molecule has 1 aliphatic rings. The molecule has 24 heavy (non-hydrogen) atoms. The molecule has 0 aliphatic carbocycles. The number of fused-ring (bicyclic) bond motifs is 1. The zero-order valence-corrected chi connectivity index (χ0v) is 16.2. The molecule has 0 aromatic heterocycles. The predicted octanol–water partition coefficient (Wildman–Crippen LogP) is 3.58. The fourth-order valence-corrected chi connectivity index (χ4v) is 3.01. The number of para-hydroxylation sites is 1. The summed E-state index contributed by atoms with van der Waals surface area (Å²) in [5.74, 6) is 1.26. The minimum absolute atomic E-state index is 0. The van der Waals surface area contributed by atoms with E-state index in [0.717, 1.165) is 38.3 Å². The van der Waals surface area contributed by atoms with Crippen LogP contribution in [0.5, 0.6) is 5.75 Å². The number of nitrogens with zero attached hydrogens (tertiary/aromatic N) is 2. The molecule has 5 heteroatoms. The minimum atomic E-state index is 0. The maximum atomic E-state index is 9.30. The van der Waals surface area contributed by atoms with Gasteiger partial charge in [-0.3, -0.25) is 4.99 Å². The molecule has 0 unspecified atom stereocenters. The number of rotatable bonds is 4. The molecule has 1 aliphatic heterocycles. The summed E-state index contributed by atoms with van der Waals surface area (Å²) in [7, 11) is 1.84. The van der Waals surface area contributed by atoms with Crippen LogP contribution in [0.15, 0.2) is 53.5 Å². The fraction of sp³-hybridized carbons (Fsp3) is 0.316. The number of hydrogen-bond acceptors (Lipinski definition) is 2. The van der Waals surface area contributed by atoms with E-state index in [2.05, 4.69) is 39.5 Å². The Labute approximate surface area is 160 Å². The molecular weight excluding hydrogens is 413 g/mol. The van der Waals surface area contributed by atoms with Crippen LogP contribution in [-0.4, -0.2) is 31.2 Å². The molecule has 0 fully saturated rings. The smallest absolute Gasteiger partial charge is 0.198 e. The highest BCUT2D eigenvalue weighted by Crippen LogP contribution is 2.27. The molecule has 0 radical (unpaired) electrons. The van der Waals surface area contributed by atoms with Crippen LogP contribution in [0.4, 0.5) is 5.69 Å². The second kappa shape index (κ2) is 8.92. The summed E-state index contributed by atoms with van der Waals surface area (Å²) in [6.07, 6.45) is 3.09. The maximum absolute atomic E-state index is 9.30. The van der Waals surface area contributed by atoms with Crippen molar-refractivity contribution in [3.63, 3.8) is 0 Å². The van der Waals surface area contributed by atoms with Crippen LogP contribution >= 0.6 is 24.0 Å². The third kappa shape index (κ3) is 4.41. The molecule has 0 amide bonds. The fourth-order valence-electron chi connectivity index (χ4n) is 3.01. The summed E-state index contributed by atoms with van der Waals surface area (Å²) in [6.45, 7) is 1.86. The van der Waals surface area contributed by atoms with Crippen molar-refractivity contribution in [2.45, 2.75) is 19.3 Å². The molecule has 0 spiro atoms. The van der Waals surface area contributed by atoms with Crippen LogP contribution in [0.3, 0.4) is 0 Å².